The fourth-order valence-corrected chi connectivity index (χ4v) is 30.4. The molecule has 0 spiro atoms. The predicted molar refractivity (Wildman–Crippen MR) is 156 cm³/mol. The molecule has 0 aliphatic rings. The Bertz CT molecular complexity index is 1630. The number of hydrogen-bond donors (Lipinski definition) is 0. The van der Waals surface area contributed by atoms with Crippen molar-refractivity contribution in [1.82, 2.24) is 0 Å². The molecule has 5 aromatic carbocycles. The molecule has 0 bridgehead atoms. The normalized spacial score (nSPS) is 12.1. The van der Waals surface area contributed by atoms with E-state index in [2.05, 4.69) is 0 Å². The second kappa shape index (κ2) is 10.8. The molecule has 190 valence electrons. The van der Waals surface area contributed by atoms with E-state index in [1.54, 1.807) is 36.4 Å². The van der Waals surface area contributed by atoms with Crippen LogP contribution in [0.3, 0.4) is 0 Å². The van der Waals surface area contributed by atoms with Crippen molar-refractivity contribution in [3.05, 3.63) is 152 Å². The predicted octanol–water partition coefficient (Wildman–Crippen LogP) is 3.77. The summed E-state index contributed by atoms with van der Waals surface area (Å²) in [4.78, 5) is -0.0913. The minimum atomic E-state index is -4.94. The van der Waals surface area contributed by atoms with Gasteiger partial charge in [0.25, 0.3) is 0 Å². The van der Waals surface area contributed by atoms with Crippen LogP contribution in [-0.4, -0.2) is 37.3 Å². The maximum absolute atomic E-state index is 14.8. The third-order valence-corrected chi connectivity index (χ3v) is 28.8. The van der Waals surface area contributed by atoms with Crippen molar-refractivity contribution in [3.63, 3.8) is 0 Å². The fraction of sp³-hybridized carbons (Fsp3) is 0. The zero-order valence-corrected chi connectivity index (χ0v) is 24.5. The Kier molecular flexibility index (Phi) is 7.49. The SMILES string of the molecule is O=S(=O)([C](S(=O)(=O)c1ccccc1)=[Sb]([c]1ccccc1)([c]1ccccc1)[c]1ccccc1)c1ccccc1. The number of sulfone groups is 2. The summed E-state index contributed by atoms with van der Waals surface area (Å²) in [7, 11) is -8.98. The molecule has 0 fully saturated rings. The summed E-state index contributed by atoms with van der Waals surface area (Å²) in [5.41, 5.74) is 0. The number of rotatable bonds is 7. The molecule has 7 heteroatoms. The Morgan fingerprint density at radius 2 is 0.605 bits per heavy atom. The van der Waals surface area contributed by atoms with Gasteiger partial charge in [0.05, 0.1) is 0 Å². The molecule has 0 amide bonds. The molecule has 0 saturated carbocycles. The van der Waals surface area contributed by atoms with Crippen LogP contribution in [0, 0.1) is 0 Å². The average molecular weight is 647 g/mol. The van der Waals surface area contributed by atoms with Gasteiger partial charge >= 0.3 is 229 Å². The first kappa shape index (κ1) is 26.3. The quantitative estimate of drug-likeness (QED) is 0.253. The zero-order chi connectivity index (χ0) is 26.6. The van der Waals surface area contributed by atoms with Crippen molar-refractivity contribution >= 4 is 50.6 Å². The van der Waals surface area contributed by atoms with Gasteiger partial charge in [-0.15, -0.1) is 0 Å². The molecule has 0 unspecified atom stereocenters. The molecule has 0 aliphatic carbocycles. The summed E-state index contributed by atoms with van der Waals surface area (Å²) in [6.45, 7) is 0. The van der Waals surface area contributed by atoms with Crippen molar-refractivity contribution in [2.75, 3.05) is 0 Å². The zero-order valence-electron chi connectivity index (χ0n) is 20.3. The van der Waals surface area contributed by atoms with Gasteiger partial charge in [0.1, 0.15) is 0 Å². The van der Waals surface area contributed by atoms with Gasteiger partial charge in [-0.2, -0.15) is 0 Å². The van der Waals surface area contributed by atoms with Crippen molar-refractivity contribution < 1.29 is 16.8 Å². The number of hydrogen-bond acceptors (Lipinski definition) is 4. The Labute approximate surface area is 227 Å². The van der Waals surface area contributed by atoms with Crippen LogP contribution >= 0.6 is 0 Å². The van der Waals surface area contributed by atoms with Gasteiger partial charge < -0.3 is 0 Å². The molecule has 0 heterocycles. The Hall–Kier alpha value is -3.31. The molecular weight excluding hydrogens is 622 g/mol. The van der Waals surface area contributed by atoms with Crippen LogP contribution < -0.4 is 10.5 Å². The van der Waals surface area contributed by atoms with E-state index < -0.39 is 40.1 Å². The summed E-state index contributed by atoms with van der Waals surface area (Å²) >= 11 is -4.94. The molecule has 0 saturated heterocycles. The van der Waals surface area contributed by atoms with Gasteiger partial charge in [-0.1, -0.05) is 0 Å². The van der Waals surface area contributed by atoms with Crippen LogP contribution in [0.25, 0.3) is 0 Å². The summed E-state index contributed by atoms with van der Waals surface area (Å²) in [6, 6.07) is 43.5. The standard InChI is InChI=1S/C13H10O4S2.3C6H5.Sb/c14-18(15,12-7-3-1-4-8-12)11-19(16,17)13-9-5-2-6-10-13;3*1-2-4-6-5-3-1;/h1-10H;3*1-5H;. The average Bonchev–Trinajstić information content (AvgIpc) is 2.98. The molecule has 0 N–H and O–H groups in total. The first-order chi connectivity index (χ1) is 18.4. The van der Waals surface area contributed by atoms with Crippen molar-refractivity contribution in [2.45, 2.75) is 9.79 Å². The molecule has 5 aromatic rings. The van der Waals surface area contributed by atoms with E-state index in [0.717, 1.165) is 10.5 Å². The third kappa shape index (κ3) is 4.58. The molecule has 4 nitrogen and oxygen atoms in total. The van der Waals surface area contributed by atoms with E-state index in [1.807, 2.05) is 91.0 Å². The summed E-state index contributed by atoms with van der Waals surface area (Å²) in [5.74, 6) is 0. The van der Waals surface area contributed by atoms with Crippen LogP contribution in [0.1, 0.15) is 0 Å². The molecule has 38 heavy (non-hydrogen) atoms. The Morgan fingerprint density at radius 3 is 0.868 bits per heavy atom. The van der Waals surface area contributed by atoms with Crippen molar-refractivity contribution in [3.8, 4) is 0 Å². The van der Waals surface area contributed by atoms with Gasteiger partial charge in [0.15, 0.2) is 0 Å². The van der Waals surface area contributed by atoms with E-state index in [4.69, 9.17) is 0 Å². The molecule has 0 atom stereocenters. The first-order valence-electron chi connectivity index (χ1n) is 11.9. The summed E-state index contributed by atoms with van der Waals surface area (Å²) in [6.07, 6.45) is 0. The Morgan fingerprint density at radius 1 is 0.368 bits per heavy atom. The maximum atomic E-state index is 14.8. The molecule has 0 aliphatic heterocycles. The third-order valence-electron chi connectivity index (χ3n) is 6.27. The van der Waals surface area contributed by atoms with Crippen LogP contribution in [0.2, 0.25) is 0 Å². The molecule has 0 aromatic heterocycles. The van der Waals surface area contributed by atoms with E-state index >= 15 is 0 Å². The van der Waals surface area contributed by atoms with Gasteiger partial charge in [0.2, 0.25) is 0 Å². The first-order valence-corrected chi connectivity index (χ1v) is 20.0. The van der Waals surface area contributed by atoms with Gasteiger partial charge in [0, 0.05) is 0 Å². The topological polar surface area (TPSA) is 68.3 Å². The van der Waals surface area contributed by atoms with E-state index in [9.17, 15) is 16.8 Å². The van der Waals surface area contributed by atoms with Gasteiger partial charge in [-0.25, -0.2) is 0 Å². The molecule has 0 radical (unpaired) electrons. The minimum absolute atomic E-state index is 0.0457. The fourth-order valence-electron chi connectivity index (χ4n) is 4.62. The van der Waals surface area contributed by atoms with E-state index in [-0.39, 0.29) is 9.79 Å². The molecule has 5 rings (SSSR count). The summed E-state index contributed by atoms with van der Waals surface area (Å²) < 4.78 is 60.8. The second-order valence-corrected chi connectivity index (χ2v) is 23.9. The van der Waals surface area contributed by atoms with E-state index in [1.165, 1.54) is 24.3 Å². The Balaban J connectivity index is 2.16. The molecular formula is C31H25O4S2Sb. The van der Waals surface area contributed by atoms with Crippen LogP contribution in [0.5, 0.6) is 0 Å². The van der Waals surface area contributed by atoms with Gasteiger partial charge in [-0.05, 0) is 0 Å². The number of benzene rings is 5. The second-order valence-electron chi connectivity index (χ2n) is 8.58. The summed E-state index contributed by atoms with van der Waals surface area (Å²) in [5, 5.41) is 0. The van der Waals surface area contributed by atoms with E-state index in [0.29, 0.717) is 0 Å². The van der Waals surface area contributed by atoms with Crippen LogP contribution in [0.15, 0.2) is 161 Å². The van der Waals surface area contributed by atoms with Crippen LogP contribution in [-0.2, 0) is 19.7 Å². The monoisotopic (exact) mass is 646 g/mol. The van der Waals surface area contributed by atoms with Crippen LogP contribution in [0.4, 0.5) is 0 Å². The van der Waals surface area contributed by atoms with Crippen molar-refractivity contribution in [2.24, 2.45) is 0 Å². The van der Waals surface area contributed by atoms with Gasteiger partial charge in [-0.3, -0.25) is 0 Å². The van der Waals surface area contributed by atoms with Crippen molar-refractivity contribution in [1.29, 1.82) is 0 Å².